The third-order valence-corrected chi connectivity index (χ3v) is 3.17. The van der Waals surface area contributed by atoms with Gasteiger partial charge in [-0.15, -0.1) is 0 Å². The normalized spacial score (nSPS) is 12.5. The van der Waals surface area contributed by atoms with E-state index < -0.39 is 17.1 Å². The molecule has 1 aromatic carbocycles. The zero-order valence-electron chi connectivity index (χ0n) is 11.8. The van der Waals surface area contributed by atoms with Gasteiger partial charge in [0.05, 0.1) is 29.2 Å². The summed E-state index contributed by atoms with van der Waals surface area (Å²) < 4.78 is 6.56. The molecular weight excluding hydrogens is 276 g/mol. The van der Waals surface area contributed by atoms with Crippen molar-refractivity contribution < 1.29 is 14.6 Å². The van der Waals surface area contributed by atoms with Crippen molar-refractivity contribution in [1.29, 1.82) is 0 Å². The number of carbonyl (C=O) groups is 1. The van der Waals surface area contributed by atoms with Crippen LogP contribution in [0.1, 0.15) is 30.2 Å². The van der Waals surface area contributed by atoms with Crippen LogP contribution in [0.15, 0.2) is 27.8 Å². The van der Waals surface area contributed by atoms with E-state index >= 15 is 0 Å². The van der Waals surface area contributed by atoms with Crippen molar-refractivity contribution in [2.45, 2.75) is 19.9 Å². The summed E-state index contributed by atoms with van der Waals surface area (Å²) >= 11 is 0. The maximum absolute atomic E-state index is 12.1. The first kappa shape index (κ1) is 15.0. The Balaban J connectivity index is 2.72. The molecule has 0 bridgehead atoms. The van der Waals surface area contributed by atoms with Gasteiger partial charge in [0.15, 0.2) is 0 Å². The number of aromatic carboxylic acids is 1. The Hall–Kier alpha value is -2.41. The van der Waals surface area contributed by atoms with Gasteiger partial charge in [-0.05, 0) is 32.0 Å². The highest BCUT2D eigenvalue weighted by atomic mass is 16.5. The van der Waals surface area contributed by atoms with Crippen molar-refractivity contribution in [2.75, 3.05) is 13.2 Å². The minimum Gasteiger partial charge on any atom is -0.478 e. The molecule has 1 atom stereocenters. The quantitative estimate of drug-likeness (QED) is 0.800. The average Bonchev–Trinajstić information content (AvgIpc) is 2.45. The molecule has 7 heteroatoms. The number of ether oxygens (including phenoxy) is 1. The summed E-state index contributed by atoms with van der Waals surface area (Å²) in [4.78, 5) is 37.3. The number of H-pyrrole nitrogens is 1. The highest BCUT2D eigenvalue weighted by Crippen LogP contribution is 2.15. The number of benzene rings is 1. The lowest BCUT2D eigenvalue weighted by Crippen LogP contribution is -2.38. The molecule has 0 saturated carbocycles. The molecule has 7 nitrogen and oxygen atoms in total. The summed E-state index contributed by atoms with van der Waals surface area (Å²) in [5.74, 6) is -1.10. The molecule has 0 aliphatic rings. The third kappa shape index (κ3) is 2.87. The smallest absolute Gasteiger partial charge is 0.335 e. The van der Waals surface area contributed by atoms with E-state index in [2.05, 4.69) is 4.98 Å². The van der Waals surface area contributed by atoms with E-state index in [9.17, 15) is 14.4 Å². The molecular formula is C14H16N2O5. The number of nitrogens with zero attached hydrogens (tertiary/aromatic N) is 1. The molecule has 0 saturated heterocycles. The van der Waals surface area contributed by atoms with Gasteiger partial charge < -0.3 is 14.8 Å². The molecule has 2 aromatic rings. The number of aromatic nitrogens is 2. The van der Waals surface area contributed by atoms with E-state index in [0.29, 0.717) is 17.6 Å². The van der Waals surface area contributed by atoms with Crippen molar-refractivity contribution in [3.8, 4) is 0 Å². The largest absolute Gasteiger partial charge is 0.478 e. The van der Waals surface area contributed by atoms with Crippen LogP contribution in [0, 0.1) is 0 Å². The molecule has 0 amide bonds. The third-order valence-electron chi connectivity index (χ3n) is 3.17. The lowest BCUT2D eigenvalue weighted by molar-refractivity contribution is 0.0697. The van der Waals surface area contributed by atoms with Crippen LogP contribution in [0.2, 0.25) is 0 Å². The van der Waals surface area contributed by atoms with Crippen LogP contribution in [-0.2, 0) is 4.74 Å². The molecule has 0 radical (unpaired) electrons. The maximum atomic E-state index is 12.1. The number of hydrogen-bond acceptors (Lipinski definition) is 4. The van der Waals surface area contributed by atoms with Crippen LogP contribution in [0.3, 0.4) is 0 Å². The first-order valence-electron chi connectivity index (χ1n) is 6.55. The van der Waals surface area contributed by atoms with Crippen LogP contribution in [0.4, 0.5) is 0 Å². The van der Waals surface area contributed by atoms with E-state index in [-0.39, 0.29) is 18.2 Å². The van der Waals surface area contributed by atoms with Gasteiger partial charge in [0.1, 0.15) is 0 Å². The number of fused-ring (bicyclic) bond motifs is 1. The van der Waals surface area contributed by atoms with Gasteiger partial charge in [-0.3, -0.25) is 14.2 Å². The predicted octanol–water partition coefficient (Wildman–Crippen LogP) is 0.986. The first-order valence-corrected chi connectivity index (χ1v) is 6.55. The summed E-state index contributed by atoms with van der Waals surface area (Å²) in [7, 11) is 0. The Morgan fingerprint density at radius 1 is 1.43 bits per heavy atom. The number of hydrogen-bond donors (Lipinski definition) is 2. The lowest BCUT2D eigenvalue weighted by atomic mass is 10.2. The second-order valence-corrected chi connectivity index (χ2v) is 4.67. The fraction of sp³-hybridized carbons (Fsp3) is 0.357. The van der Waals surface area contributed by atoms with Crippen LogP contribution in [0.5, 0.6) is 0 Å². The summed E-state index contributed by atoms with van der Waals surface area (Å²) in [6, 6.07) is 3.84. The summed E-state index contributed by atoms with van der Waals surface area (Å²) in [6.07, 6.45) is 0. The predicted molar refractivity (Wildman–Crippen MR) is 77.0 cm³/mol. The Bertz CT molecular complexity index is 790. The van der Waals surface area contributed by atoms with Crippen molar-refractivity contribution in [3.63, 3.8) is 0 Å². The molecule has 1 heterocycles. The zero-order valence-corrected chi connectivity index (χ0v) is 11.8. The van der Waals surface area contributed by atoms with Crippen molar-refractivity contribution in [1.82, 2.24) is 9.55 Å². The van der Waals surface area contributed by atoms with E-state index in [1.54, 1.807) is 6.92 Å². The highest BCUT2D eigenvalue weighted by Gasteiger charge is 2.15. The van der Waals surface area contributed by atoms with E-state index in [0.717, 1.165) is 0 Å². The molecule has 1 unspecified atom stereocenters. The Morgan fingerprint density at radius 3 is 2.76 bits per heavy atom. The van der Waals surface area contributed by atoms with Crippen molar-refractivity contribution in [3.05, 3.63) is 44.5 Å². The minimum absolute atomic E-state index is 0.0475. The summed E-state index contributed by atoms with van der Waals surface area (Å²) in [6.45, 7) is 4.31. The number of carboxylic acids is 1. The van der Waals surface area contributed by atoms with E-state index in [4.69, 9.17) is 9.84 Å². The highest BCUT2D eigenvalue weighted by molar-refractivity contribution is 5.92. The van der Waals surface area contributed by atoms with Gasteiger partial charge in [0.2, 0.25) is 0 Å². The van der Waals surface area contributed by atoms with E-state index in [1.165, 1.54) is 22.8 Å². The number of carboxylic acid groups (broad SMARTS) is 1. The minimum atomic E-state index is -1.10. The fourth-order valence-corrected chi connectivity index (χ4v) is 2.16. The molecule has 2 N–H and O–H groups in total. The van der Waals surface area contributed by atoms with Gasteiger partial charge in [-0.2, -0.15) is 0 Å². The number of nitrogens with one attached hydrogen (secondary N) is 1. The van der Waals surface area contributed by atoms with Gasteiger partial charge in [-0.25, -0.2) is 4.79 Å². The van der Waals surface area contributed by atoms with E-state index in [1.807, 2.05) is 6.92 Å². The lowest BCUT2D eigenvalue weighted by Gasteiger charge is -2.17. The summed E-state index contributed by atoms with van der Waals surface area (Å²) in [5, 5.41) is 9.06. The molecule has 0 aliphatic heterocycles. The molecule has 2 rings (SSSR count). The maximum Gasteiger partial charge on any atom is 0.335 e. The monoisotopic (exact) mass is 292 g/mol. The molecule has 0 fully saturated rings. The van der Waals surface area contributed by atoms with Crippen LogP contribution in [0.25, 0.3) is 11.0 Å². The Morgan fingerprint density at radius 2 is 2.14 bits per heavy atom. The van der Waals surface area contributed by atoms with Gasteiger partial charge in [-0.1, -0.05) is 0 Å². The van der Waals surface area contributed by atoms with Crippen molar-refractivity contribution >= 4 is 17.0 Å². The van der Waals surface area contributed by atoms with Gasteiger partial charge in [0, 0.05) is 6.61 Å². The second-order valence-electron chi connectivity index (χ2n) is 4.67. The molecule has 0 spiro atoms. The number of aromatic amines is 1. The standard InChI is InChI=1S/C14H16N2O5/c1-3-21-7-8(2)16-11-6-9(14(19)20)4-5-10(11)15-12(17)13(16)18/h4-6,8H,3,7H2,1-2H3,(H,15,17)(H,19,20). The Labute approximate surface area is 119 Å². The van der Waals surface area contributed by atoms with Crippen LogP contribution in [-0.4, -0.2) is 33.8 Å². The van der Waals surface area contributed by atoms with Crippen LogP contribution >= 0.6 is 0 Å². The topological polar surface area (TPSA) is 101 Å². The molecule has 21 heavy (non-hydrogen) atoms. The summed E-state index contributed by atoms with van der Waals surface area (Å²) in [5.41, 5.74) is -0.642. The average molecular weight is 292 g/mol. The molecule has 1 aromatic heterocycles. The SMILES string of the molecule is CCOCC(C)n1c(=O)c(=O)[nH]c2ccc(C(=O)O)cc21. The second kappa shape index (κ2) is 5.92. The van der Waals surface area contributed by atoms with Crippen molar-refractivity contribution in [2.24, 2.45) is 0 Å². The van der Waals surface area contributed by atoms with Gasteiger partial charge >= 0.3 is 17.1 Å². The first-order chi connectivity index (χ1) is 9.95. The zero-order chi connectivity index (χ0) is 15.6. The fourth-order valence-electron chi connectivity index (χ4n) is 2.16. The number of rotatable bonds is 5. The van der Waals surface area contributed by atoms with Gasteiger partial charge in [0.25, 0.3) is 0 Å². The molecule has 0 aliphatic carbocycles. The Kier molecular flexibility index (Phi) is 4.23. The molecule has 112 valence electrons. The van der Waals surface area contributed by atoms with Crippen LogP contribution < -0.4 is 11.1 Å².